The normalized spacial score (nSPS) is 10.8. The molecule has 0 aliphatic carbocycles. The Morgan fingerprint density at radius 2 is 1.13 bits per heavy atom. The molecule has 0 unspecified atom stereocenters. The van der Waals surface area contributed by atoms with Crippen LogP contribution in [-0.2, 0) is 0 Å². The average Bonchev–Trinajstić information content (AvgIpc) is 3.52. The molecule has 2 heterocycles. The van der Waals surface area contributed by atoms with E-state index in [1.807, 2.05) is 0 Å². The lowest BCUT2D eigenvalue weighted by atomic mass is 10.0. The average molecular weight is 508 g/mol. The van der Waals surface area contributed by atoms with E-state index in [1.54, 1.807) is 60.7 Å². The number of benzene rings is 3. The molecule has 10 nitrogen and oxygen atoms in total. The van der Waals surface area contributed by atoms with E-state index in [0.717, 1.165) is 4.90 Å². The standard InChI is InChI=1S/C28H20N4O6/c1-17-23(25(29-37-17)19-11-5-3-6-12-19)27(33)31(21-15-9-10-16-22(21)32(35)36)28(34)24-18(2)38-30-26(24)20-13-7-4-8-14-20/h3-16H,1-2H3. The fraction of sp³-hybridized carbons (Fsp3) is 0.0714. The van der Waals surface area contributed by atoms with Gasteiger partial charge in [0.1, 0.15) is 39.7 Å². The monoisotopic (exact) mass is 508 g/mol. The molecule has 188 valence electrons. The summed E-state index contributed by atoms with van der Waals surface area (Å²) in [7, 11) is 0. The van der Waals surface area contributed by atoms with Crippen molar-refractivity contribution in [3.63, 3.8) is 0 Å². The summed E-state index contributed by atoms with van der Waals surface area (Å²) in [6.07, 6.45) is 0. The Labute approximate surface area is 216 Å². The van der Waals surface area contributed by atoms with Gasteiger partial charge in [-0.2, -0.15) is 0 Å². The maximum Gasteiger partial charge on any atom is 0.293 e. The molecule has 0 bridgehead atoms. The number of amides is 2. The van der Waals surface area contributed by atoms with Crippen LogP contribution in [0.25, 0.3) is 22.5 Å². The Morgan fingerprint density at radius 1 is 0.711 bits per heavy atom. The van der Waals surface area contributed by atoms with Crippen LogP contribution in [0.15, 0.2) is 94.0 Å². The van der Waals surface area contributed by atoms with Crippen molar-refractivity contribution in [2.24, 2.45) is 0 Å². The zero-order valence-electron chi connectivity index (χ0n) is 20.3. The fourth-order valence-electron chi connectivity index (χ4n) is 4.18. The van der Waals surface area contributed by atoms with Crippen LogP contribution in [0.4, 0.5) is 11.4 Å². The van der Waals surface area contributed by atoms with Gasteiger partial charge in [0.05, 0.1) is 4.92 Å². The molecule has 0 radical (unpaired) electrons. The van der Waals surface area contributed by atoms with Gasteiger partial charge >= 0.3 is 0 Å². The van der Waals surface area contributed by atoms with Gasteiger partial charge in [0.2, 0.25) is 0 Å². The van der Waals surface area contributed by atoms with Crippen LogP contribution >= 0.6 is 0 Å². The molecule has 0 N–H and O–H groups in total. The highest BCUT2D eigenvalue weighted by Crippen LogP contribution is 2.35. The first-order chi connectivity index (χ1) is 18.4. The number of aromatic nitrogens is 2. The third-order valence-electron chi connectivity index (χ3n) is 5.97. The van der Waals surface area contributed by atoms with Crippen molar-refractivity contribution < 1.29 is 23.6 Å². The maximum atomic E-state index is 14.2. The molecule has 0 aliphatic heterocycles. The minimum atomic E-state index is -0.846. The Kier molecular flexibility index (Phi) is 6.36. The van der Waals surface area contributed by atoms with Crippen LogP contribution in [0.5, 0.6) is 0 Å². The number of anilines is 1. The van der Waals surface area contributed by atoms with E-state index in [2.05, 4.69) is 10.3 Å². The molecule has 0 aliphatic rings. The summed E-state index contributed by atoms with van der Waals surface area (Å²) in [4.78, 5) is 40.5. The summed E-state index contributed by atoms with van der Waals surface area (Å²) in [6, 6.07) is 23.2. The summed E-state index contributed by atoms with van der Waals surface area (Å²) in [6.45, 7) is 3.07. The number of imide groups is 1. The van der Waals surface area contributed by atoms with E-state index in [4.69, 9.17) is 9.05 Å². The van der Waals surface area contributed by atoms with E-state index in [0.29, 0.717) is 11.1 Å². The van der Waals surface area contributed by atoms with Crippen molar-refractivity contribution in [2.45, 2.75) is 13.8 Å². The van der Waals surface area contributed by atoms with E-state index < -0.39 is 22.4 Å². The molecular weight excluding hydrogens is 488 g/mol. The predicted molar refractivity (Wildman–Crippen MR) is 138 cm³/mol. The molecule has 5 rings (SSSR count). The van der Waals surface area contributed by atoms with Gasteiger partial charge in [-0.1, -0.05) is 83.1 Å². The van der Waals surface area contributed by atoms with Gasteiger partial charge in [-0.25, -0.2) is 4.90 Å². The lowest BCUT2D eigenvalue weighted by Crippen LogP contribution is -2.38. The van der Waals surface area contributed by atoms with Crippen LogP contribution in [0.3, 0.4) is 0 Å². The smallest absolute Gasteiger partial charge is 0.293 e. The second-order valence-corrected chi connectivity index (χ2v) is 8.35. The highest BCUT2D eigenvalue weighted by atomic mass is 16.6. The second kappa shape index (κ2) is 9.94. The van der Waals surface area contributed by atoms with Crippen molar-refractivity contribution in [3.8, 4) is 22.5 Å². The molecule has 0 saturated heterocycles. The third kappa shape index (κ3) is 4.24. The van der Waals surface area contributed by atoms with Crippen LogP contribution in [0.2, 0.25) is 0 Å². The molecule has 0 atom stereocenters. The lowest BCUT2D eigenvalue weighted by molar-refractivity contribution is -0.384. The third-order valence-corrected chi connectivity index (χ3v) is 5.97. The zero-order valence-corrected chi connectivity index (χ0v) is 20.3. The van der Waals surface area contributed by atoms with E-state index in [-0.39, 0.29) is 39.7 Å². The summed E-state index contributed by atoms with van der Waals surface area (Å²) in [5, 5.41) is 20.0. The molecule has 38 heavy (non-hydrogen) atoms. The number of rotatable bonds is 6. The first kappa shape index (κ1) is 24.3. The highest BCUT2D eigenvalue weighted by Gasteiger charge is 2.38. The van der Waals surface area contributed by atoms with Crippen LogP contribution in [0, 0.1) is 24.0 Å². The molecule has 2 amide bonds. The Morgan fingerprint density at radius 3 is 1.58 bits per heavy atom. The van der Waals surface area contributed by atoms with Gasteiger partial charge in [0, 0.05) is 17.2 Å². The van der Waals surface area contributed by atoms with Gasteiger partial charge in [-0.05, 0) is 19.9 Å². The molecular formula is C28H20N4O6. The molecule has 10 heteroatoms. The fourth-order valence-corrected chi connectivity index (χ4v) is 4.18. The molecule has 0 spiro atoms. The molecule has 0 saturated carbocycles. The number of nitro benzene ring substituents is 1. The quantitative estimate of drug-likeness (QED) is 0.155. The van der Waals surface area contributed by atoms with Crippen molar-refractivity contribution in [2.75, 3.05) is 4.90 Å². The minimum Gasteiger partial charge on any atom is -0.360 e. The van der Waals surface area contributed by atoms with Crippen molar-refractivity contribution in [1.82, 2.24) is 10.3 Å². The summed E-state index contributed by atoms with van der Waals surface area (Å²) >= 11 is 0. The maximum absolute atomic E-state index is 14.2. The van der Waals surface area contributed by atoms with Crippen LogP contribution in [0.1, 0.15) is 32.2 Å². The van der Waals surface area contributed by atoms with Crippen LogP contribution in [-0.4, -0.2) is 27.1 Å². The number of aryl methyl sites for hydroxylation is 2. The lowest BCUT2D eigenvalue weighted by Gasteiger charge is -2.21. The molecule has 2 aromatic heterocycles. The topological polar surface area (TPSA) is 133 Å². The van der Waals surface area contributed by atoms with E-state index in [1.165, 1.54) is 38.1 Å². The predicted octanol–water partition coefficient (Wildman–Crippen LogP) is 6.01. The number of carbonyl (C=O) groups excluding carboxylic acids is 2. The second-order valence-electron chi connectivity index (χ2n) is 8.35. The molecule has 0 fully saturated rings. The Hall–Kier alpha value is -5.38. The van der Waals surface area contributed by atoms with Gasteiger partial charge < -0.3 is 9.05 Å². The first-order valence-corrected chi connectivity index (χ1v) is 11.5. The largest absolute Gasteiger partial charge is 0.360 e. The van der Waals surface area contributed by atoms with Gasteiger partial charge in [-0.15, -0.1) is 0 Å². The van der Waals surface area contributed by atoms with E-state index in [9.17, 15) is 19.7 Å². The minimum absolute atomic E-state index is 0.00179. The van der Waals surface area contributed by atoms with Gasteiger partial charge in [-0.3, -0.25) is 19.7 Å². The van der Waals surface area contributed by atoms with Crippen molar-refractivity contribution in [3.05, 3.63) is 118 Å². The summed E-state index contributed by atoms with van der Waals surface area (Å²) < 4.78 is 10.7. The van der Waals surface area contributed by atoms with Crippen molar-refractivity contribution >= 4 is 23.2 Å². The van der Waals surface area contributed by atoms with E-state index >= 15 is 0 Å². The molecule has 5 aromatic rings. The number of para-hydroxylation sites is 2. The summed E-state index contributed by atoms with van der Waals surface area (Å²) in [5.41, 5.74) is 0.912. The molecule has 3 aromatic carbocycles. The number of hydrogen-bond donors (Lipinski definition) is 0. The van der Waals surface area contributed by atoms with Crippen LogP contribution < -0.4 is 4.90 Å². The Balaban J connectivity index is 1.73. The van der Waals surface area contributed by atoms with Gasteiger partial charge in [0.25, 0.3) is 17.5 Å². The SMILES string of the molecule is Cc1onc(-c2ccccc2)c1C(=O)N(C(=O)c1c(-c2ccccc2)noc1C)c1ccccc1[N+](=O)[O-]. The Bertz CT molecular complexity index is 1560. The highest BCUT2D eigenvalue weighted by molar-refractivity contribution is 6.29. The number of carbonyl (C=O) groups is 2. The zero-order chi connectivity index (χ0) is 26.8. The number of nitro groups is 1. The van der Waals surface area contributed by atoms with Gasteiger partial charge in [0.15, 0.2) is 0 Å². The first-order valence-electron chi connectivity index (χ1n) is 11.5. The number of nitrogens with zero attached hydrogens (tertiary/aromatic N) is 4. The van der Waals surface area contributed by atoms with Crippen molar-refractivity contribution in [1.29, 1.82) is 0 Å². The number of hydrogen-bond acceptors (Lipinski definition) is 8. The summed E-state index contributed by atoms with van der Waals surface area (Å²) in [5.74, 6) is -1.39.